The number of benzene rings is 2. The van der Waals surface area contributed by atoms with Crippen LogP contribution in [-0.4, -0.2) is 0 Å². The van der Waals surface area contributed by atoms with Crippen molar-refractivity contribution in [1.82, 2.24) is 0 Å². The van der Waals surface area contributed by atoms with Gasteiger partial charge in [-0.1, -0.05) is 93.3 Å². The van der Waals surface area contributed by atoms with E-state index < -0.39 is 0 Å². The maximum Gasteiger partial charge on any atom is 0.0287 e. The molecule has 0 nitrogen and oxygen atoms in total. The molecule has 0 saturated heterocycles. The van der Waals surface area contributed by atoms with E-state index in [1.54, 1.807) is 0 Å². The van der Waals surface area contributed by atoms with Gasteiger partial charge in [-0.15, -0.1) is 0 Å². The fraction of sp³-hybridized carbons (Fsp3) is 0.351. The minimum atomic E-state index is -0.130. The Morgan fingerprint density at radius 2 is 1.57 bits per heavy atom. The van der Waals surface area contributed by atoms with Crippen molar-refractivity contribution in [1.29, 1.82) is 0 Å². The fourth-order valence-electron chi connectivity index (χ4n) is 8.32. The molecule has 5 rings (SSSR count). The van der Waals surface area contributed by atoms with Gasteiger partial charge in [0.1, 0.15) is 0 Å². The Morgan fingerprint density at radius 3 is 2.22 bits per heavy atom. The standard InChI is InChI=1S/C37H40/c1-23(2)32-25(4)20-36(9)22-35(8)21-31-30(19-17-29-14-12-11-13-15-29)18-16-24(3)33(31)26(5)34(35)28(7)37(36,10)27(32)6/h11-16,18H,1,5-6,20-22H2,2-4,7-10H3/t35-,36+,37-/m1/s1. The molecule has 0 bridgehead atoms. The molecule has 2 aromatic carbocycles. The maximum atomic E-state index is 4.78. The number of allylic oxidation sites excluding steroid dienone is 7. The van der Waals surface area contributed by atoms with Gasteiger partial charge in [-0.25, -0.2) is 0 Å². The molecule has 0 fully saturated rings. The Balaban J connectivity index is 1.72. The Kier molecular flexibility index (Phi) is 5.73. The molecule has 0 aromatic heterocycles. The maximum absolute atomic E-state index is 4.78. The lowest BCUT2D eigenvalue weighted by molar-refractivity contribution is 0.0544. The number of fused-ring (bicyclic) bond motifs is 3. The topological polar surface area (TPSA) is 0 Å². The van der Waals surface area contributed by atoms with Crippen LogP contribution in [0.25, 0.3) is 5.57 Å². The van der Waals surface area contributed by atoms with Gasteiger partial charge in [0.25, 0.3) is 0 Å². The van der Waals surface area contributed by atoms with E-state index in [0.29, 0.717) is 0 Å². The lowest BCUT2D eigenvalue weighted by atomic mass is 9.41. The third kappa shape index (κ3) is 3.51. The lowest BCUT2D eigenvalue weighted by Crippen LogP contribution is -2.52. The quantitative estimate of drug-likeness (QED) is 0.353. The van der Waals surface area contributed by atoms with E-state index in [0.717, 1.165) is 36.0 Å². The minimum Gasteiger partial charge on any atom is -0.0955 e. The molecule has 0 heteroatoms. The SMILES string of the molecule is C=C(C)C1=C(C)C[C@@]2(C)C[C@@]3(C)Cc4c(C#Cc5ccccc5)ccc(C)c4C(=C)C3=C(C)[C@@]2(C)C1=C. The first kappa shape index (κ1) is 25.4. The molecule has 188 valence electrons. The van der Waals surface area contributed by atoms with Crippen molar-refractivity contribution in [2.75, 3.05) is 0 Å². The number of rotatable bonds is 1. The first-order valence-electron chi connectivity index (χ1n) is 13.5. The second-order valence-electron chi connectivity index (χ2n) is 12.6. The highest BCUT2D eigenvalue weighted by Crippen LogP contribution is 2.70. The highest BCUT2D eigenvalue weighted by atomic mass is 14.6. The van der Waals surface area contributed by atoms with Crippen molar-refractivity contribution < 1.29 is 0 Å². The van der Waals surface area contributed by atoms with Crippen LogP contribution in [0.4, 0.5) is 0 Å². The molecule has 37 heavy (non-hydrogen) atoms. The van der Waals surface area contributed by atoms with Crippen LogP contribution in [0.1, 0.15) is 82.2 Å². The number of aryl methyl sites for hydroxylation is 1. The van der Waals surface area contributed by atoms with Crippen molar-refractivity contribution in [2.24, 2.45) is 16.2 Å². The zero-order chi connectivity index (χ0) is 26.9. The Hall–Kier alpha value is -3.30. The summed E-state index contributed by atoms with van der Waals surface area (Å²) in [6.07, 6.45) is 3.16. The van der Waals surface area contributed by atoms with Gasteiger partial charge in [-0.05, 0) is 115 Å². The predicted molar refractivity (Wildman–Crippen MR) is 159 cm³/mol. The van der Waals surface area contributed by atoms with Crippen LogP contribution in [0, 0.1) is 35.0 Å². The zero-order valence-corrected chi connectivity index (χ0v) is 23.8. The summed E-state index contributed by atoms with van der Waals surface area (Å²) in [5, 5.41) is 0. The van der Waals surface area contributed by atoms with Gasteiger partial charge in [-0.3, -0.25) is 0 Å². The molecule has 3 aliphatic rings. The zero-order valence-electron chi connectivity index (χ0n) is 23.8. The molecule has 2 aromatic rings. The van der Waals surface area contributed by atoms with Gasteiger partial charge in [0.2, 0.25) is 0 Å². The molecule has 0 aliphatic heterocycles. The van der Waals surface area contributed by atoms with Gasteiger partial charge < -0.3 is 0 Å². The van der Waals surface area contributed by atoms with Crippen molar-refractivity contribution in [3.8, 4) is 11.8 Å². The molecule has 3 atom stereocenters. The summed E-state index contributed by atoms with van der Waals surface area (Å²) in [6.45, 7) is 30.2. The van der Waals surface area contributed by atoms with Crippen LogP contribution in [0.2, 0.25) is 0 Å². The van der Waals surface area contributed by atoms with E-state index >= 15 is 0 Å². The number of hydrogen-bond donors (Lipinski definition) is 0. The third-order valence-electron chi connectivity index (χ3n) is 9.94. The van der Waals surface area contributed by atoms with E-state index in [9.17, 15) is 0 Å². The first-order valence-corrected chi connectivity index (χ1v) is 13.5. The Morgan fingerprint density at radius 1 is 0.892 bits per heavy atom. The molecule has 0 spiro atoms. The summed E-state index contributed by atoms with van der Waals surface area (Å²) in [7, 11) is 0. The van der Waals surface area contributed by atoms with Crippen molar-refractivity contribution in [3.05, 3.63) is 123 Å². The van der Waals surface area contributed by atoms with Gasteiger partial charge in [0.05, 0.1) is 0 Å². The second-order valence-corrected chi connectivity index (χ2v) is 12.6. The Bertz CT molecular complexity index is 1510. The normalized spacial score (nSPS) is 28.7. The molecule has 3 aliphatic carbocycles. The number of hydrogen-bond acceptors (Lipinski definition) is 0. The Labute approximate surface area is 224 Å². The van der Waals surface area contributed by atoms with Crippen LogP contribution in [0.15, 0.2) is 95.6 Å². The summed E-state index contributed by atoms with van der Waals surface area (Å²) >= 11 is 0. The van der Waals surface area contributed by atoms with Crippen LogP contribution in [-0.2, 0) is 6.42 Å². The lowest BCUT2D eigenvalue weighted by Gasteiger charge is -2.62. The summed E-state index contributed by atoms with van der Waals surface area (Å²) in [5.41, 5.74) is 15.2. The second kappa shape index (κ2) is 8.36. The van der Waals surface area contributed by atoms with Crippen LogP contribution in [0.3, 0.4) is 0 Å². The smallest absolute Gasteiger partial charge is 0.0287 e. The highest BCUT2D eigenvalue weighted by Gasteiger charge is 2.59. The average molecular weight is 485 g/mol. The molecule has 0 amide bonds. The van der Waals surface area contributed by atoms with Gasteiger partial charge in [0.15, 0.2) is 0 Å². The molecule has 0 unspecified atom stereocenters. The van der Waals surface area contributed by atoms with Gasteiger partial charge >= 0.3 is 0 Å². The third-order valence-corrected chi connectivity index (χ3v) is 9.94. The molecule has 0 saturated carbocycles. The summed E-state index contributed by atoms with van der Waals surface area (Å²) < 4.78 is 0. The van der Waals surface area contributed by atoms with Crippen LogP contribution < -0.4 is 0 Å². The van der Waals surface area contributed by atoms with Crippen LogP contribution in [0.5, 0.6) is 0 Å². The van der Waals surface area contributed by atoms with Gasteiger partial charge in [-0.2, -0.15) is 0 Å². The monoisotopic (exact) mass is 484 g/mol. The van der Waals surface area contributed by atoms with Crippen molar-refractivity contribution in [3.63, 3.8) is 0 Å². The molecule has 0 heterocycles. The summed E-state index contributed by atoms with van der Waals surface area (Å²) in [5.74, 6) is 6.93. The highest BCUT2D eigenvalue weighted by molar-refractivity contribution is 5.87. The molecular formula is C37H40. The van der Waals surface area contributed by atoms with E-state index in [1.165, 1.54) is 50.1 Å². The van der Waals surface area contributed by atoms with E-state index in [2.05, 4.69) is 91.2 Å². The fourth-order valence-corrected chi connectivity index (χ4v) is 8.32. The first-order chi connectivity index (χ1) is 17.3. The van der Waals surface area contributed by atoms with Crippen molar-refractivity contribution >= 4 is 5.57 Å². The summed E-state index contributed by atoms with van der Waals surface area (Å²) in [4.78, 5) is 0. The molecular weight excluding hydrogens is 444 g/mol. The minimum absolute atomic E-state index is 0.000678. The van der Waals surface area contributed by atoms with Crippen LogP contribution >= 0.6 is 0 Å². The van der Waals surface area contributed by atoms with E-state index in [4.69, 9.17) is 13.2 Å². The predicted octanol–water partition coefficient (Wildman–Crippen LogP) is 9.56. The van der Waals surface area contributed by atoms with Crippen molar-refractivity contribution in [2.45, 2.75) is 67.7 Å². The molecule has 0 radical (unpaired) electrons. The largest absolute Gasteiger partial charge is 0.0955 e. The van der Waals surface area contributed by atoms with E-state index in [-0.39, 0.29) is 16.2 Å². The molecule has 0 N–H and O–H groups in total. The summed E-state index contributed by atoms with van der Waals surface area (Å²) in [6, 6.07) is 14.7. The van der Waals surface area contributed by atoms with Gasteiger partial charge in [0, 0.05) is 16.5 Å². The van der Waals surface area contributed by atoms with E-state index in [1.807, 2.05) is 18.2 Å². The average Bonchev–Trinajstić information content (AvgIpc) is 2.81.